The third kappa shape index (κ3) is 4.92. The fourth-order valence-corrected chi connectivity index (χ4v) is 2.28. The largest absolute Gasteiger partial charge is 0.329 e. The summed E-state index contributed by atoms with van der Waals surface area (Å²) in [5.41, 5.74) is 2.15. The number of carbonyl (C=O) groups excluding carboxylic acids is 2. The Balaban J connectivity index is 2.00. The average Bonchev–Trinajstić information content (AvgIpc) is 2.60. The van der Waals surface area contributed by atoms with Crippen molar-refractivity contribution in [1.29, 1.82) is 0 Å². The molecule has 0 unspecified atom stereocenters. The van der Waals surface area contributed by atoms with E-state index in [0.717, 1.165) is 6.21 Å². The monoisotopic (exact) mass is 414 g/mol. The number of benzene rings is 2. The maximum atomic E-state index is 11.8. The minimum atomic E-state index is -1.07. The molecule has 2 aromatic carbocycles. The zero-order valence-electron chi connectivity index (χ0n) is 12.7. The van der Waals surface area contributed by atoms with Crippen LogP contribution in [0.5, 0.6) is 0 Å². The normalized spacial score (nSPS) is 10.6. The minimum Gasteiger partial charge on any atom is -0.316 e. The first-order valence-corrected chi connectivity index (χ1v) is 7.95. The molecule has 0 aliphatic heterocycles. The molecule has 0 fully saturated rings. The van der Waals surface area contributed by atoms with Crippen molar-refractivity contribution >= 4 is 64.2 Å². The molecule has 2 aromatic rings. The van der Waals surface area contributed by atoms with Gasteiger partial charge >= 0.3 is 11.8 Å². The first-order chi connectivity index (χ1) is 12.3. The van der Waals surface area contributed by atoms with Gasteiger partial charge in [0.25, 0.3) is 5.69 Å². The molecule has 0 atom stereocenters. The van der Waals surface area contributed by atoms with Crippen LogP contribution in [0.2, 0.25) is 15.1 Å². The van der Waals surface area contributed by atoms with Gasteiger partial charge in [0, 0.05) is 11.6 Å². The van der Waals surface area contributed by atoms with Gasteiger partial charge in [-0.15, -0.1) is 0 Å². The Morgan fingerprint density at radius 1 is 1.08 bits per heavy atom. The Bertz CT molecular complexity index is 918. The third-order valence-corrected chi connectivity index (χ3v) is 4.09. The van der Waals surface area contributed by atoms with E-state index in [-0.39, 0.29) is 26.4 Å². The molecule has 0 saturated heterocycles. The van der Waals surface area contributed by atoms with Crippen LogP contribution in [0.1, 0.15) is 5.56 Å². The number of carbonyl (C=O) groups is 2. The molecule has 0 bridgehead atoms. The molecule has 134 valence electrons. The lowest BCUT2D eigenvalue weighted by Crippen LogP contribution is -2.32. The molecular formula is C15H9Cl3N4O4. The predicted molar refractivity (Wildman–Crippen MR) is 98.9 cm³/mol. The second kappa shape index (κ2) is 8.61. The molecule has 0 heterocycles. The van der Waals surface area contributed by atoms with E-state index in [4.69, 9.17) is 34.8 Å². The molecule has 0 aliphatic rings. The number of hydrogen-bond acceptors (Lipinski definition) is 5. The van der Waals surface area contributed by atoms with Crippen molar-refractivity contribution < 1.29 is 14.5 Å². The lowest BCUT2D eigenvalue weighted by molar-refractivity contribution is -0.384. The molecule has 0 aliphatic carbocycles. The zero-order chi connectivity index (χ0) is 19.3. The lowest BCUT2D eigenvalue weighted by atomic mass is 10.2. The third-order valence-electron chi connectivity index (χ3n) is 2.95. The minimum absolute atomic E-state index is 0.0334. The van der Waals surface area contributed by atoms with Gasteiger partial charge in [-0.25, -0.2) is 5.43 Å². The molecule has 0 saturated carbocycles. The van der Waals surface area contributed by atoms with Crippen molar-refractivity contribution in [2.45, 2.75) is 0 Å². The number of rotatable bonds is 4. The highest BCUT2D eigenvalue weighted by molar-refractivity contribution is 6.45. The fraction of sp³-hybridized carbons (Fsp3) is 0. The number of nitro groups is 1. The van der Waals surface area contributed by atoms with E-state index in [0.29, 0.717) is 5.56 Å². The summed E-state index contributed by atoms with van der Waals surface area (Å²) in [6.07, 6.45) is 1.13. The topological polar surface area (TPSA) is 114 Å². The second-order valence-corrected chi connectivity index (χ2v) is 5.91. The van der Waals surface area contributed by atoms with E-state index in [1.54, 1.807) is 6.07 Å². The van der Waals surface area contributed by atoms with Crippen molar-refractivity contribution in [3.63, 3.8) is 0 Å². The van der Waals surface area contributed by atoms with Crippen LogP contribution in [0, 0.1) is 10.1 Å². The van der Waals surface area contributed by atoms with Gasteiger partial charge in [0.15, 0.2) is 0 Å². The summed E-state index contributed by atoms with van der Waals surface area (Å²) >= 11 is 17.4. The van der Waals surface area contributed by atoms with Crippen LogP contribution in [0.15, 0.2) is 41.5 Å². The van der Waals surface area contributed by atoms with E-state index in [1.807, 2.05) is 5.43 Å². The molecule has 2 N–H and O–H groups in total. The first kappa shape index (κ1) is 19.6. The van der Waals surface area contributed by atoms with Crippen LogP contribution in [0.4, 0.5) is 11.4 Å². The highest BCUT2D eigenvalue weighted by atomic mass is 35.5. The standard InChI is InChI=1S/C15H9Cl3N4O4/c16-9-5-4-8(6-12(9)22(25)26)7-19-21-15(24)14(23)20-11-3-1-2-10(17)13(11)18/h1-7H,(H,20,23)(H,21,24). The summed E-state index contributed by atoms with van der Waals surface area (Å²) in [5.74, 6) is -2.09. The van der Waals surface area contributed by atoms with Gasteiger partial charge in [-0.05, 0) is 18.2 Å². The van der Waals surface area contributed by atoms with Gasteiger partial charge in [-0.2, -0.15) is 5.10 Å². The Kier molecular flexibility index (Phi) is 6.51. The molecule has 0 spiro atoms. The number of amides is 2. The van der Waals surface area contributed by atoms with E-state index in [1.165, 1.54) is 30.3 Å². The highest BCUT2D eigenvalue weighted by Gasteiger charge is 2.16. The number of nitro benzene ring substituents is 1. The van der Waals surface area contributed by atoms with Crippen LogP contribution in [-0.2, 0) is 9.59 Å². The van der Waals surface area contributed by atoms with Crippen molar-refractivity contribution in [3.05, 3.63) is 67.1 Å². The molecule has 8 nitrogen and oxygen atoms in total. The first-order valence-electron chi connectivity index (χ1n) is 6.82. The zero-order valence-corrected chi connectivity index (χ0v) is 15.0. The Morgan fingerprint density at radius 2 is 1.81 bits per heavy atom. The molecule has 26 heavy (non-hydrogen) atoms. The van der Waals surface area contributed by atoms with Crippen LogP contribution in [-0.4, -0.2) is 23.0 Å². The summed E-state index contributed by atoms with van der Waals surface area (Å²) in [6.45, 7) is 0. The van der Waals surface area contributed by atoms with E-state index in [2.05, 4.69) is 10.4 Å². The van der Waals surface area contributed by atoms with E-state index in [9.17, 15) is 19.7 Å². The fourth-order valence-electron chi connectivity index (χ4n) is 1.75. The van der Waals surface area contributed by atoms with E-state index >= 15 is 0 Å². The van der Waals surface area contributed by atoms with Gasteiger partial charge in [-0.3, -0.25) is 19.7 Å². The summed E-state index contributed by atoms with van der Waals surface area (Å²) in [4.78, 5) is 33.7. The maximum Gasteiger partial charge on any atom is 0.329 e. The summed E-state index contributed by atoms with van der Waals surface area (Å²) in [6, 6.07) is 8.48. The van der Waals surface area contributed by atoms with Crippen LogP contribution >= 0.6 is 34.8 Å². The second-order valence-electron chi connectivity index (χ2n) is 4.72. The maximum absolute atomic E-state index is 11.8. The van der Waals surface area contributed by atoms with Crippen LogP contribution in [0.3, 0.4) is 0 Å². The van der Waals surface area contributed by atoms with E-state index < -0.39 is 16.7 Å². The van der Waals surface area contributed by atoms with Gasteiger partial charge in [0.05, 0.1) is 26.9 Å². The Morgan fingerprint density at radius 3 is 2.50 bits per heavy atom. The van der Waals surface area contributed by atoms with Crippen molar-refractivity contribution in [2.75, 3.05) is 5.32 Å². The van der Waals surface area contributed by atoms with Crippen molar-refractivity contribution in [2.24, 2.45) is 5.10 Å². The number of anilines is 1. The Labute approximate surface area is 161 Å². The predicted octanol–water partition coefficient (Wildman–Crippen LogP) is 3.64. The number of nitrogens with zero attached hydrogens (tertiary/aromatic N) is 2. The molecule has 2 amide bonds. The van der Waals surface area contributed by atoms with Gasteiger partial charge in [0.1, 0.15) is 5.02 Å². The van der Waals surface area contributed by atoms with Crippen LogP contribution < -0.4 is 10.7 Å². The average molecular weight is 416 g/mol. The van der Waals surface area contributed by atoms with Gasteiger partial charge < -0.3 is 5.32 Å². The summed E-state index contributed by atoms with van der Waals surface area (Å²) in [5, 5.41) is 16.9. The number of halogens is 3. The molecular weight excluding hydrogens is 407 g/mol. The lowest BCUT2D eigenvalue weighted by Gasteiger charge is -2.06. The Hall–Kier alpha value is -2.68. The molecule has 2 rings (SSSR count). The van der Waals surface area contributed by atoms with Gasteiger partial charge in [0.2, 0.25) is 0 Å². The van der Waals surface area contributed by atoms with Crippen LogP contribution in [0.25, 0.3) is 0 Å². The van der Waals surface area contributed by atoms with Crippen molar-refractivity contribution in [1.82, 2.24) is 5.43 Å². The molecule has 0 radical (unpaired) electrons. The highest BCUT2D eigenvalue weighted by Crippen LogP contribution is 2.29. The SMILES string of the molecule is O=C(NN=Cc1ccc(Cl)c([N+](=O)[O-])c1)C(=O)Nc1cccc(Cl)c1Cl. The van der Waals surface area contributed by atoms with Crippen molar-refractivity contribution in [3.8, 4) is 0 Å². The quantitative estimate of drug-likeness (QED) is 0.343. The number of hydrogen-bond donors (Lipinski definition) is 2. The number of nitrogens with one attached hydrogen (secondary N) is 2. The molecule has 11 heteroatoms. The van der Waals surface area contributed by atoms with Gasteiger partial charge in [-0.1, -0.05) is 46.9 Å². The number of hydrazone groups is 1. The smallest absolute Gasteiger partial charge is 0.316 e. The summed E-state index contributed by atoms with van der Waals surface area (Å²) in [7, 11) is 0. The summed E-state index contributed by atoms with van der Waals surface area (Å²) < 4.78 is 0. The molecule has 0 aromatic heterocycles.